The van der Waals surface area contributed by atoms with Gasteiger partial charge in [0.05, 0.1) is 102 Å². The van der Waals surface area contributed by atoms with E-state index in [0.717, 1.165) is 0 Å². The zero-order valence-electron chi connectivity index (χ0n) is 13.0. The SMILES string of the molecule is C[N+](C)(C)S.C[N+](C)(C)S.C[N+](C)(C)S.[OH-].[OH-].[OH-]. The average Bonchev–Trinajstić information content (AvgIpc) is 1.41. The first-order valence-electron chi connectivity index (χ1n) is 4.62. The molecule has 0 saturated carbocycles. The number of rotatable bonds is 0. The van der Waals surface area contributed by atoms with E-state index in [0.29, 0.717) is 11.7 Å². The first-order chi connectivity index (χ1) is 6.00. The Bertz CT molecular complexity index is 107. The lowest BCUT2D eigenvalue weighted by Gasteiger charge is -2.11. The topological polar surface area (TPSA) is 90.0 Å². The molecule has 0 rings (SSSR count). The number of quaternary nitrogens is 3. The normalized spacial score (nSPS) is 10.0. The Kier molecular flexibility index (Phi) is 28.7. The molecule has 18 heavy (non-hydrogen) atoms. The summed E-state index contributed by atoms with van der Waals surface area (Å²) in [5.41, 5.74) is 0. The van der Waals surface area contributed by atoms with Gasteiger partial charge in [-0.3, -0.25) is 11.7 Å². The smallest absolute Gasteiger partial charge is 0.0781 e. The Morgan fingerprint density at radius 2 is 0.389 bits per heavy atom. The van der Waals surface area contributed by atoms with E-state index in [4.69, 9.17) is 0 Å². The van der Waals surface area contributed by atoms with E-state index in [1.807, 2.05) is 63.4 Å². The van der Waals surface area contributed by atoms with Gasteiger partial charge in [0.1, 0.15) is 0 Å². The molecular weight excluding hydrogens is 294 g/mol. The first kappa shape index (κ1) is 36.4. The summed E-state index contributed by atoms with van der Waals surface area (Å²) in [5.74, 6) is 0. The van der Waals surface area contributed by atoms with Crippen molar-refractivity contribution in [3.05, 3.63) is 0 Å². The molecule has 0 aromatic rings. The molecule has 9 heteroatoms. The maximum Gasteiger partial charge on any atom is 0.0781 e. The van der Waals surface area contributed by atoms with Crippen LogP contribution in [0.15, 0.2) is 0 Å². The van der Waals surface area contributed by atoms with Crippen LogP contribution in [0, 0.1) is 0 Å². The standard InChI is InChI=1S/3C3H10NS.3H2O/c3*1-4(2,3)5;;;/h3*5H,1-3H3;3*1H2/q3*+1;;;/p-3. The van der Waals surface area contributed by atoms with Gasteiger partial charge in [0.25, 0.3) is 0 Å². The maximum absolute atomic E-state index is 4.06. The van der Waals surface area contributed by atoms with E-state index in [2.05, 4.69) is 38.4 Å². The van der Waals surface area contributed by atoms with Gasteiger partial charge < -0.3 is 16.4 Å². The van der Waals surface area contributed by atoms with Crippen LogP contribution in [0.25, 0.3) is 0 Å². The second-order valence-electron chi connectivity index (χ2n) is 5.82. The Labute approximate surface area is 130 Å². The number of nitrogens with zero attached hydrogens (tertiary/aromatic N) is 3. The van der Waals surface area contributed by atoms with E-state index >= 15 is 0 Å². The van der Waals surface area contributed by atoms with Crippen molar-refractivity contribution in [2.24, 2.45) is 0 Å². The molecule has 0 aliphatic heterocycles. The molecule has 0 aromatic heterocycles. The molecule has 0 heterocycles. The van der Waals surface area contributed by atoms with Gasteiger partial charge >= 0.3 is 0 Å². The van der Waals surface area contributed by atoms with Crippen molar-refractivity contribution in [2.75, 3.05) is 63.4 Å². The predicted molar refractivity (Wildman–Crippen MR) is 86.9 cm³/mol. The lowest BCUT2D eigenvalue weighted by atomic mass is 11.0. The number of hydrogen-bond acceptors (Lipinski definition) is 6. The summed E-state index contributed by atoms with van der Waals surface area (Å²) in [4.78, 5) is 0. The van der Waals surface area contributed by atoms with Crippen molar-refractivity contribution in [1.82, 2.24) is 0 Å². The predicted octanol–water partition coefficient (Wildman–Crippen LogP) is 1.08. The minimum absolute atomic E-state index is 0. The van der Waals surface area contributed by atoms with Gasteiger partial charge in [-0.05, 0) is 0 Å². The molecule has 6 nitrogen and oxygen atoms in total. The lowest BCUT2D eigenvalue weighted by Crippen LogP contribution is -2.20. The zero-order chi connectivity index (χ0) is 13.5. The van der Waals surface area contributed by atoms with E-state index in [1.165, 1.54) is 0 Å². The third kappa shape index (κ3) is 6400. The molecule has 0 fully saturated rings. The summed E-state index contributed by atoms with van der Waals surface area (Å²) in [6.45, 7) is 0. The lowest BCUT2D eigenvalue weighted by molar-refractivity contribution is -0.722. The quantitative estimate of drug-likeness (QED) is 0.459. The van der Waals surface area contributed by atoms with E-state index in [-0.39, 0.29) is 16.4 Å². The van der Waals surface area contributed by atoms with Gasteiger partial charge in [0.2, 0.25) is 0 Å². The molecule has 3 N–H and O–H groups in total. The molecule has 0 aliphatic carbocycles. The summed E-state index contributed by atoms with van der Waals surface area (Å²) in [5, 5.41) is 0. The van der Waals surface area contributed by atoms with Crippen LogP contribution in [0.4, 0.5) is 0 Å². The molecule has 0 saturated heterocycles. The van der Waals surface area contributed by atoms with Crippen LogP contribution in [0.2, 0.25) is 0 Å². The second kappa shape index (κ2) is 14.2. The third-order valence-corrected chi connectivity index (χ3v) is 0. The average molecular weight is 328 g/mol. The van der Waals surface area contributed by atoms with Crippen LogP contribution < -0.4 is 0 Å². The molecular formula is C9H33N3O3S3. The van der Waals surface area contributed by atoms with Crippen LogP contribution in [0.3, 0.4) is 0 Å². The van der Waals surface area contributed by atoms with Crippen molar-refractivity contribution >= 4 is 38.4 Å². The first-order valence-corrected chi connectivity index (χ1v) is 5.82. The van der Waals surface area contributed by atoms with Crippen molar-refractivity contribution in [1.29, 1.82) is 0 Å². The van der Waals surface area contributed by atoms with Crippen molar-refractivity contribution in [2.45, 2.75) is 0 Å². The van der Waals surface area contributed by atoms with Crippen LogP contribution in [-0.2, 0) is 0 Å². The fourth-order valence-electron chi connectivity index (χ4n) is 0. The number of hydrogen-bond donors (Lipinski definition) is 3. The van der Waals surface area contributed by atoms with Crippen LogP contribution in [0.5, 0.6) is 0 Å². The van der Waals surface area contributed by atoms with Crippen LogP contribution >= 0.6 is 38.4 Å². The van der Waals surface area contributed by atoms with Gasteiger partial charge in [-0.15, -0.1) is 0 Å². The number of thiol groups is 3. The highest BCUT2D eigenvalue weighted by Gasteiger charge is 1.92. The highest BCUT2D eigenvalue weighted by molar-refractivity contribution is 7.74. The molecule has 0 aromatic carbocycles. The minimum atomic E-state index is 0. The molecule has 0 spiro atoms. The van der Waals surface area contributed by atoms with Gasteiger partial charge in [-0.25, -0.2) is 0 Å². The fraction of sp³-hybridized carbons (Fsp3) is 1.00. The summed E-state index contributed by atoms with van der Waals surface area (Å²) >= 11 is 12.2. The molecule has 0 aliphatic rings. The summed E-state index contributed by atoms with van der Waals surface area (Å²) in [6.07, 6.45) is 0. The Balaban J connectivity index is -0.0000000277. The van der Waals surface area contributed by atoms with Crippen molar-refractivity contribution in [3.8, 4) is 0 Å². The van der Waals surface area contributed by atoms with Gasteiger partial charge in [-0.1, -0.05) is 0 Å². The maximum atomic E-state index is 4.06. The molecule has 0 radical (unpaired) electrons. The molecule has 0 amide bonds. The molecule has 0 atom stereocenters. The minimum Gasteiger partial charge on any atom is -0.870 e. The fourth-order valence-corrected chi connectivity index (χ4v) is 0. The van der Waals surface area contributed by atoms with Crippen LogP contribution in [-0.4, -0.2) is 91.5 Å². The highest BCUT2D eigenvalue weighted by atomic mass is 32.1. The summed E-state index contributed by atoms with van der Waals surface area (Å²) in [6, 6.07) is 0. The largest absolute Gasteiger partial charge is 0.870 e. The van der Waals surface area contributed by atoms with Gasteiger partial charge in [-0.2, -0.15) is 0 Å². The zero-order valence-corrected chi connectivity index (χ0v) is 15.7. The molecule has 0 bridgehead atoms. The third-order valence-electron chi connectivity index (χ3n) is 0. The van der Waals surface area contributed by atoms with Crippen molar-refractivity contribution < 1.29 is 28.1 Å². The second-order valence-corrected chi connectivity index (χ2v) is 9.42. The van der Waals surface area contributed by atoms with E-state index in [1.54, 1.807) is 0 Å². The van der Waals surface area contributed by atoms with E-state index in [9.17, 15) is 0 Å². The van der Waals surface area contributed by atoms with Gasteiger partial charge in [0.15, 0.2) is 0 Å². The molecule has 120 valence electrons. The highest BCUT2D eigenvalue weighted by Crippen LogP contribution is 1.90. The monoisotopic (exact) mass is 327 g/mol. The Hall–Kier alpha value is 0.810. The Morgan fingerprint density at radius 1 is 0.389 bits per heavy atom. The summed E-state index contributed by atoms with van der Waals surface area (Å²) < 4.78 is 2.08. The molecule has 0 unspecified atom stereocenters. The Morgan fingerprint density at radius 3 is 0.389 bits per heavy atom. The summed E-state index contributed by atoms with van der Waals surface area (Å²) in [7, 11) is 17.9. The van der Waals surface area contributed by atoms with E-state index < -0.39 is 0 Å². The van der Waals surface area contributed by atoms with Gasteiger partial charge in [0, 0.05) is 0 Å². The van der Waals surface area contributed by atoms with Crippen LogP contribution in [0.1, 0.15) is 0 Å². The van der Waals surface area contributed by atoms with Crippen molar-refractivity contribution in [3.63, 3.8) is 0 Å².